The van der Waals surface area contributed by atoms with Crippen LogP contribution < -0.4 is 0 Å². The predicted octanol–water partition coefficient (Wildman–Crippen LogP) is 4.52. The molecule has 0 aromatic heterocycles. The first-order chi connectivity index (χ1) is 9.70. The summed E-state index contributed by atoms with van der Waals surface area (Å²) in [5.74, 6) is -2.55. The number of ketones is 1. The van der Waals surface area contributed by atoms with Gasteiger partial charge in [0.15, 0.2) is 5.78 Å². The molecule has 1 nitrogen and oxygen atoms in total. The minimum absolute atomic E-state index is 0.0384. The summed E-state index contributed by atoms with van der Waals surface area (Å²) in [4.78, 5) is 12.0. The van der Waals surface area contributed by atoms with Crippen LogP contribution in [0.4, 0.5) is 22.0 Å². The fourth-order valence-corrected chi connectivity index (χ4v) is 1.79. The smallest absolute Gasteiger partial charge is 0.288 e. The van der Waals surface area contributed by atoms with E-state index in [4.69, 9.17) is 0 Å². The van der Waals surface area contributed by atoms with E-state index in [1.807, 2.05) is 0 Å². The average molecular weight is 300 g/mol. The molecule has 0 N–H and O–H groups in total. The van der Waals surface area contributed by atoms with Gasteiger partial charge in [0.1, 0.15) is 11.6 Å². The molecule has 0 bridgehead atoms. The second-order valence-electron chi connectivity index (χ2n) is 4.49. The van der Waals surface area contributed by atoms with Crippen LogP contribution in [0, 0.1) is 18.6 Å². The molecule has 6 heteroatoms. The number of carbonyl (C=O) groups is 1. The number of benzene rings is 2. The molecule has 21 heavy (non-hydrogen) atoms. The molecule has 0 atom stereocenters. The number of carbonyl (C=O) groups excluding carboxylic acids is 1. The van der Waals surface area contributed by atoms with Crippen molar-refractivity contribution in [2.24, 2.45) is 0 Å². The first-order valence-corrected chi connectivity index (χ1v) is 5.88. The molecule has 0 fully saturated rings. The maximum atomic E-state index is 13.7. The van der Waals surface area contributed by atoms with Gasteiger partial charge in [-0.25, -0.2) is 8.78 Å². The van der Waals surface area contributed by atoms with Gasteiger partial charge < -0.3 is 0 Å². The quantitative estimate of drug-likeness (QED) is 0.588. The van der Waals surface area contributed by atoms with Gasteiger partial charge in [-0.1, -0.05) is 12.1 Å². The fraction of sp³-hybridized carbons (Fsp3) is 0.133. The zero-order valence-electron chi connectivity index (χ0n) is 10.8. The number of aryl methyl sites for hydroxylation is 1. The van der Waals surface area contributed by atoms with Crippen LogP contribution in [0.15, 0.2) is 36.4 Å². The largest absolute Gasteiger partial charge is 0.416 e. The average Bonchev–Trinajstić information content (AvgIpc) is 2.41. The Morgan fingerprint density at radius 1 is 0.952 bits per heavy atom. The van der Waals surface area contributed by atoms with E-state index in [2.05, 4.69) is 0 Å². The lowest BCUT2D eigenvalue weighted by molar-refractivity contribution is -0.137. The molecule has 0 saturated heterocycles. The van der Waals surface area contributed by atoms with Crippen LogP contribution >= 0.6 is 0 Å². The Labute approximate surface area is 117 Å². The van der Waals surface area contributed by atoms with Gasteiger partial charge in [-0.05, 0) is 36.8 Å². The van der Waals surface area contributed by atoms with Crippen molar-refractivity contribution in [1.29, 1.82) is 0 Å². The van der Waals surface area contributed by atoms with Crippen molar-refractivity contribution >= 4 is 5.78 Å². The normalized spacial score (nSPS) is 11.5. The van der Waals surface area contributed by atoms with Gasteiger partial charge in [0.2, 0.25) is 0 Å². The molecule has 0 aliphatic carbocycles. The summed E-state index contributed by atoms with van der Waals surface area (Å²) in [5.41, 5.74) is -1.55. The highest BCUT2D eigenvalue weighted by atomic mass is 19.4. The Morgan fingerprint density at radius 2 is 1.52 bits per heavy atom. The highest BCUT2D eigenvalue weighted by Gasteiger charge is 2.30. The maximum absolute atomic E-state index is 13.7. The molecule has 0 aliphatic rings. The van der Waals surface area contributed by atoms with Crippen molar-refractivity contribution in [2.75, 3.05) is 0 Å². The highest BCUT2D eigenvalue weighted by Crippen LogP contribution is 2.29. The molecule has 0 aliphatic heterocycles. The molecule has 0 amide bonds. The number of hydrogen-bond donors (Lipinski definition) is 0. The third-order valence-electron chi connectivity index (χ3n) is 2.97. The van der Waals surface area contributed by atoms with Gasteiger partial charge in [-0.2, -0.15) is 13.2 Å². The summed E-state index contributed by atoms with van der Waals surface area (Å²) in [5, 5.41) is 0. The highest BCUT2D eigenvalue weighted by molar-refractivity contribution is 6.09. The SMILES string of the molecule is Cc1cc(F)c(C(=O)c2ccc(C(F)(F)F)cc2)cc1F. The molecule has 0 unspecified atom stereocenters. The maximum Gasteiger partial charge on any atom is 0.416 e. The Hall–Kier alpha value is -2.24. The molecule has 110 valence electrons. The monoisotopic (exact) mass is 300 g/mol. The lowest BCUT2D eigenvalue weighted by atomic mass is 10.00. The zero-order valence-corrected chi connectivity index (χ0v) is 10.8. The van der Waals surface area contributed by atoms with Crippen LogP contribution in [-0.4, -0.2) is 5.78 Å². The Bertz CT molecular complexity index is 686. The Balaban J connectivity index is 2.39. The second kappa shape index (κ2) is 5.27. The van der Waals surface area contributed by atoms with E-state index in [1.165, 1.54) is 6.92 Å². The summed E-state index contributed by atoms with van der Waals surface area (Å²) < 4.78 is 64.3. The molecule has 0 radical (unpaired) electrons. The summed E-state index contributed by atoms with van der Waals surface area (Å²) in [6.07, 6.45) is -4.53. The van der Waals surface area contributed by atoms with E-state index < -0.39 is 34.7 Å². The summed E-state index contributed by atoms with van der Waals surface area (Å²) >= 11 is 0. The minimum atomic E-state index is -4.53. The third-order valence-corrected chi connectivity index (χ3v) is 2.97. The van der Waals surface area contributed by atoms with Crippen molar-refractivity contribution in [3.8, 4) is 0 Å². The van der Waals surface area contributed by atoms with E-state index in [9.17, 15) is 26.7 Å². The number of alkyl halides is 3. The van der Waals surface area contributed by atoms with E-state index in [1.54, 1.807) is 0 Å². The first-order valence-electron chi connectivity index (χ1n) is 5.88. The molecule has 2 rings (SSSR count). The van der Waals surface area contributed by atoms with Crippen molar-refractivity contribution < 1.29 is 26.7 Å². The summed E-state index contributed by atoms with van der Waals surface area (Å²) in [6.45, 7) is 1.34. The summed E-state index contributed by atoms with van der Waals surface area (Å²) in [7, 11) is 0. The van der Waals surface area contributed by atoms with Crippen molar-refractivity contribution in [3.63, 3.8) is 0 Å². The molecule has 0 saturated carbocycles. The Kier molecular flexibility index (Phi) is 3.80. The van der Waals surface area contributed by atoms with E-state index >= 15 is 0 Å². The van der Waals surface area contributed by atoms with Gasteiger partial charge in [-0.3, -0.25) is 4.79 Å². The molecule has 0 spiro atoms. The lowest BCUT2D eigenvalue weighted by Crippen LogP contribution is -2.08. The molecular weight excluding hydrogens is 291 g/mol. The minimum Gasteiger partial charge on any atom is -0.288 e. The summed E-state index contributed by atoms with van der Waals surface area (Å²) in [6, 6.07) is 4.91. The third kappa shape index (κ3) is 3.09. The van der Waals surface area contributed by atoms with Gasteiger partial charge in [-0.15, -0.1) is 0 Å². The number of rotatable bonds is 2. The van der Waals surface area contributed by atoms with E-state index in [-0.39, 0.29) is 11.1 Å². The van der Waals surface area contributed by atoms with Crippen molar-refractivity contribution in [1.82, 2.24) is 0 Å². The first kappa shape index (κ1) is 15.2. The second-order valence-corrected chi connectivity index (χ2v) is 4.49. The van der Waals surface area contributed by atoms with Crippen LogP contribution in [0.5, 0.6) is 0 Å². The molecular formula is C15H9F5O. The number of hydrogen-bond acceptors (Lipinski definition) is 1. The van der Waals surface area contributed by atoms with Crippen molar-refractivity contribution in [3.05, 3.63) is 70.3 Å². The molecule has 2 aromatic rings. The lowest BCUT2D eigenvalue weighted by Gasteiger charge is -2.08. The van der Waals surface area contributed by atoms with Crippen LogP contribution in [0.2, 0.25) is 0 Å². The van der Waals surface area contributed by atoms with Gasteiger partial charge in [0, 0.05) is 5.56 Å². The van der Waals surface area contributed by atoms with Gasteiger partial charge in [0.05, 0.1) is 11.1 Å². The van der Waals surface area contributed by atoms with Crippen LogP contribution in [0.25, 0.3) is 0 Å². The van der Waals surface area contributed by atoms with Gasteiger partial charge >= 0.3 is 6.18 Å². The van der Waals surface area contributed by atoms with Crippen LogP contribution in [0.1, 0.15) is 27.0 Å². The Morgan fingerprint density at radius 3 is 2.05 bits per heavy atom. The molecule has 0 heterocycles. The fourth-order valence-electron chi connectivity index (χ4n) is 1.79. The molecule has 2 aromatic carbocycles. The standard InChI is InChI=1S/C15H9F5O/c1-8-6-13(17)11(7-12(8)16)14(21)9-2-4-10(5-3-9)15(18,19)20/h2-7H,1H3. The van der Waals surface area contributed by atoms with E-state index in [0.717, 1.165) is 36.4 Å². The predicted molar refractivity (Wildman–Crippen MR) is 66.0 cm³/mol. The van der Waals surface area contributed by atoms with Crippen molar-refractivity contribution in [2.45, 2.75) is 13.1 Å². The van der Waals surface area contributed by atoms with Crippen LogP contribution in [-0.2, 0) is 6.18 Å². The van der Waals surface area contributed by atoms with E-state index in [0.29, 0.717) is 0 Å². The van der Waals surface area contributed by atoms with Crippen LogP contribution in [0.3, 0.4) is 0 Å². The topological polar surface area (TPSA) is 17.1 Å². The number of halogens is 5. The zero-order chi connectivity index (χ0) is 15.8. The van der Waals surface area contributed by atoms with Gasteiger partial charge in [0.25, 0.3) is 0 Å².